The number of hydrogen-bond acceptors (Lipinski definition) is 9. The Morgan fingerprint density at radius 1 is 1.18 bits per heavy atom. The van der Waals surface area contributed by atoms with Gasteiger partial charge >= 0.3 is 6.01 Å². The van der Waals surface area contributed by atoms with E-state index in [0.717, 1.165) is 0 Å². The summed E-state index contributed by atoms with van der Waals surface area (Å²) in [5.74, 6) is 0.714. The van der Waals surface area contributed by atoms with E-state index >= 15 is 0 Å². The first-order chi connectivity index (χ1) is 13.4. The number of aryl methyl sites for hydroxylation is 2. The lowest BCUT2D eigenvalue weighted by Gasteiger charge is -2.26. The molecule has 0 amide bonds. The second kappa shape index (κ2) is 8.37. The van der Waals surface area contributed by atoms with Crippen LogP contribution in [0.1, 0.15) is 24.1 Å². The number of anilines is 1. The van der Waals surface area contributed by atoms with Crippen LogP contribution in [-0.2, 0) is 27.8 Å². The monoisotopic (exact) mass is 411 g/mol. The fourth-order valence-electron chi connectivity index (χ4n) is 3.07. The van der Waals surface area contributed by atoms with Gasteiger partial charge in [-0.15, -0.1) is 0 Å². The molecule has 11 nitrogen and oxygen atoms in total. The molecule has 0 unspecified atom stereocenters. The first kappa shape index (κ1) is 20.4. The molecule has 0 atom stereocenters. The number of methoxy groups -OCH3 is 1. The predicted octanol–water partition coefficient (Wildman–Crippen LogP) is 0.0285. The smallest absolute Gasteiger partial charge is 0.321 e. The predicted molar refractivity (Wildman–Crippen MR) is 101 cm³/mol. The normalized spacial score (nSPS) is 15.1. The molecule has 0 saturated carbocycles. The Balaban J connectivity index is 1.82. The van der Waals surface area contributed by atoms with Gasteiger partial charge in [0.25, 0.3) is 0 Å². The molecular formula is C16H25N7O4S. The maximum atomic E-state index is 12.8. The summed E-state index contributed by atoms with van der Waals surface area (Å²) in [6.45, 7) is 8.28. The Morgan fingerprint density at radius 3 is 2.50 bits per heavy atom. The van der Waals surface area contributed by atoms with Gasteiger partial charge in [-0.05, 0) is 20.8 Å². The number of ether oxygens (including phenoxy) is 2. The van der Waals surface area contributed by atoms with Crippen LogP contribution in [0, 0.1) is 13.8 Å². The number of nitrogens with zero attached hydrogens (tertiary/aromatic N) is 6. The van der Waals surface area contributed by atoms with Crippen molar-refractivity contribution in [2.45, 2.75) is 38.8 Å². The summed E-state index contributed by atoms with van der Waals surface area (Å²) in [5, 5.41) is 4.27. The van der Waals surface area contributed by atoms with Gasteiger partial charge in [0.05, 0.1) is 38.3 Å². The van der Waals surface area contributed by atoms with E-state index in [1.165, 1.54) is 7.11 Å². The topological polar surface area (TPSA) is 124 Å². The molecule has 3 rings (SSSR count). The molecule has 0 bridgehead atoms. The van der Waals surface area contributed by atoms with Crippen LogP contribution in [0.5, 0.6) is 6.01 Å². The van der Waals surface area contributed by atoms with E-state index in [9.17, 15) is 8.42 Å². The Kier molecular flexibility index (Phi) is 6.10. The molecule has 1 fully saturated rings. The molecule has 1 N–H and O–H groups in total. The van der Waals surface area contributed by atoms with Crippen molar-refractivity contribution in [3.63, 3.8) is 0 Å². The lowest BCUT2D eigenvalue weighted by molar-refractivity contribution is 0.122. The Hall–Kier alpha value is -2.31. The fourth-order valence-corrected chi connectivity index (χ4v) is 4.46. The van der Waals surface area contributed by atoms with E-state index in [1.54, 1.807) is 18.5 Å². The van der Waals surface area contributed by atoms with Crippen LogP contribution in [0.3, 0.4) is 0 Å². The molecule has 0 radical (unpaired) electrons. The van der Waals surface area contributed by atoms with Crippen LogP contribution in [0.15, 0.2) is 4.90 Å². The van der Waals surface area contributed by atoms with Gasteiger partial charge in [-0.25, -0.2) is 13.1 Å². The zero-order valence-corrected chi connectivity index (χ0v) is 17.3. The third-order valence-electron chi connectivity index (χ3n) is 4.43. The van der Waals surface area contributed by atoms with Crippen molar-refractivity contribution in [2.75, 3.05) is 38.3 Å². The Labute approximate surface area is 164 Å². The van der Waals surface area contributed by atoms with E-state index in [-0.39, 0.29) is 23.3 Å². The molecule has 2 aromatic rings. The fraction of sp³-hybridized carbons (Fsp3) is 0.625. The van der Waals surface area contributed by atoms with Crippen molar-refractivity contribution < 1.29 is 17.9 Å². The average molecular weight is 411 g/mol. The number of hydrogen-bond donors (Lipinski definition) is 1. The van der Waals surface area contributed by atoms with Gasteiger partial charge < -0.3 is 14.4 Å². The van der Waals surface area contributed by atoms with Gasteiger partial charge in [-0.1, -0.05) is 0 Å². The van der Waals surface area contributed by atoms with Crippen LogP contribution < -0.4 is 14.4 Å². The van der Waals surface area contributed by atoms with Crippen molar-refractivity contribution in [1.29, 1.82) is 0 Å². The van der Waals surface area contributed by atoms with Gasteiger partial charge in [0.1, 0.15) is 4.90 Å². The number of nitrogens with one attached hydrogen (secondary N) is 1. The van der Waals surface area contributed by atoms with E-state index < -0.39 is 10.0 Å². The quantitative estimate of drug-likeness (QED) is 0.672. The molecule has 2 aromatic heterocycles. The molecule has 28 heavy (non-hydrogen) atoms. The largest absolute Gasteiger partial charge is 0.467 e. The minimum Gasteiger partial charge on any atom is -0.467 e. The van der Waals surface area contributed by atoms with Gasteiger partial charge in [0.15, 0.2) is 5.82 Å². The Morgan fingerprint density at radius 2 is 1.89 bits per heavy atom. The molecule has 0 aromatic carbocycles. The number of rotatable bonds is 7. The second-order valence-corrected chi connectivity index (χ2v) is 7.98. The highest BCUT2D eigenvalue weighted by atomic mass is 32.2. The SMILES string of the molecule is CCn1nc(C)c(S(=O)(=O)NCc2nc(OC)nc(N3CCOCC3)n2)c1C. The van der Waals surface area contributed by atoms with Gasteiger partial charge in [0, 0.05) is 19.6 Å². The molecule has 12 heteroatoms. The van der Waals surface area contributed by atoms with E-state index in [1.807, 2.05) is 11.8 Å². The van der Waals surface area contributed by atoms with Gasteiger partial charge in [0.2, 0.25) is 16.0 Å². The zero-order valence-electron chi connectivity index (χ0n) is 16.5. The highest BCUT2D eigenvalue weighted by Crippen LogP contribution is 2.20. The molecule has 154 valence electrons. The second-order valence-electron chi connectivity index (χ2n) is 6.28. The van der Waals surface area contributed by atoms with Gasteiger partial charge in [-0.2, -0.15) is 20.1 Å². The maximum Gasteiger partial charge on any atom is 0.321 e. The number of aromatic nitrogens is 5. The van der Waals surface area contributed by atoms with Crippen LogP contribution in [0.25, 0.3) is 0 Å². The van der Waals surface area contributed by atoms with E-state index in [4.69, 9.17) is 9.47 Å². The van der Waals surface area contributed by atoms with Crippen molar-refractivity contribution in [3.8, 4) is 6.01 Å². The summed E-state index contributed by atoms with van der Waals surface area (Å²) in [6.07, 6.45) is 0. The van der Waals surface area contributed by atoms with Crippen molar-refractivity contribution in [3.05, 3.63) is 17.2 Å². The molecule has 0 spiro atoms. The van der Waals surface area contributed by atoms with Crippen molar-refractivity contribution in [2.24, 2.45) is 0 Å². The minimum atomic E-state index is -3.77. The summed E-state index contributed by atoms with van der Waals surface area (Å²) in [4.78, 5) is 14.9. The minimum absolute atomic E-state index is 0.0886. The lowest BCUT2D eigenvalue weighted by Crippen LogP contribution is -2.37. The molecule has 3 heterocycles. The van der Waals surface area contributed by atoms with Crippen molar-refractivity contribution >= 4 is 16.0 Å². The third-order valence-corrected chi connectivity index (χ3v) is 6.08. The third kappa shape index (κ3) is 4.23. The first-order valence-electron chi connectivity index (χ1n) is 9.01. The molecular weight excluding hydrogens is 386 g/mol. The highest BCUT2D eigenvalue weighted by Gasteiger charge is 2.25. The van der Waals surface area contributed by atoms with Crippen LogP contribution >= 0.6 is 0 Å². The summed E-state index contributed by atoms with van der Waals surface area (Å²) < 4.78 is 40.4. The summed E-state index contributed by atoms with van der Waals surface area (Å²) >= 11 is 0. The van der Waals surface area contributed by atoms with Crippen LogP contribution in [-0.4, -0.2) is 66.6 Å². The summed E-state index contributed by atoms with van der Waals surface area (Å²) in [7, 11) is -2.32. The Bertz CT molecular complexity index is 939. The number of sulfonamides is 1. The molecule has 1 aliphatic heterocycles. The maximum absolute atomic E-state index is 12.8. The van der Waals surface area contributed by atoms with E-state index in [0.29, 0.717) is 50.2 Å². The van der Waals surface area contributed by atoms with Crippen LogP contribution in [0.2, 0.25) is 0 Å². The molecule has 1 saturated heterocycles. The zero-order chi connectivity index (χ0) is 20.3. The standard InChI is InChI=1S/C16H25N7O4S/c1-5-23-12(3)14(11(2)21-23)28(24,25)17-10-13-18-15(20-16(19-13)26-4)22-6-8-27-9-7-22/h17H,5-10H2,1-4H3. The average Bonchev–Trinajstić information content (AvgIpc) is 3.01. The highest BCUT2D eigenvalue weighted by molar-refractivity contribution is 7.89. The first-order valence-corrected chi connectivity index (χ1v) is 10.5. The van der Waals surface area contributed by atoms with Crippen molar-refractivity contribution in [1.82, 2.24) is 29.5 Å². The number of morpholine rings is 1. The summed E-state index contributed by atoms with van der Waals surface area (Å²) in [5.41, 5.74) is 1.05. The molecule has 0 aliphatic carbocycles. The molecule has 1 aliphatic rings. The lowest BCUT2D eigenvalue weighted by atomic mass is 10.4. The van der Waals surface area contributed by atoms with E-state index in [2.05, 4.69) is 24.8 Å². The van der Waals surface area contributed by atoms with Crippen LogP contribution in [0.4, 0.5) is 5.95 Å². The van der Waals surface area contributed by atoms with Gasteiger partial charge in [-0.3, -0.25) is 4.68 Å². The summed E-state index contributed by atoms with van der Waals surface area (Å²) in [6, 6.07) is 0.136.